The summed E-state index contributed by atoms with van der Waals surface area (Å²) < 4.78 is 11.1. The van der Waals surface area contributed by atoms with E-state index in [1.54, 1.807) is 46.4 Å². The molecule has 1 atom stereocenters. The number of rotatable bonds is 9. The summed E-state index contributed by atoms with van der Waals surface area (Å²) in [6.45, 7) is 4.05. The maximum Gasteiger partial charge on any atom is 0.254 e. The molecule has 0 spiro atoms. The number of carbonyl (C=O) groups is 2. The second kappa shape index (κ2) is 10.5. The van der Waals surface area contributed by atoms with Crippen LogP contribution in [-0.4, -0.2) is 54.0 Å². The SMILES string of the molecule is CCCN(CC(=O)N(Cc1ccco1)C[C@@H]1CCCO1)C(=O)c1cccc(Cl)c1. The van der Waals surface area contributed by atoms with Crippen LogP contribution in [0.4, 0.5) is 0 Å². The van der Waals surface area contributed by atoms with Gasteiger partial charge < -0.3 is 19.0 Å². The molecular weight excluding hydrogens is 392 g/mol. The van der Waals surface area contributed by atoms with Gasteiger partial charge in [0.05, 0.1) is 18.9 Å². The molecule has 2 amide bonds. The summed E-state index contributed by atoms with van der Waals surface area (Å²) in [7, 11) is 0. The van der Waals surface area contributed by atoms with Gasteiger partial charge in [-0.2, -0.15) is 0 Å². The largest absolute Gasteiger partial charge is 0.467 e. The van der Waals surface area contributed by atoms with Crippen molar-refractivity contribution < 1.29 is 18.7 Å². The number of nitrogens with zero attached hydrogens (tertiary/aromatic N) is 2. The molecule has 1 fully saturated rings. The Balaban J connectivity index is 1.72. The number of furan rings is 1. The minimum absolute atomic E-state index is 0.00656. The van der Waals surface area contributed by atoms with Crippen LogP contribution >= 0.6 is 11.6 Å². The number of ether oxygens (including phenoxy) is 1. The molecule has 3 rings (SSSR count). The predicted octanol–water partition coefficient (Wildman–Crippen LogP) is 3.99. The van der Waals surface area contributed by atoms with Gasteiger partial charge in [-0.3, -0.25) is 9.59 Å². The number of hydrogen-bond donors (Lipinski definition) is 0. The van der Waals surface area contributed by atoms with Crippen molar-refractivity contribution in [1.29, 1.82) is 0 Å². The van der Waals surface area contributed by atoms with Gasteiger partial charge in [-0.25, -0.2) is 0 Å². The Kier molecular flexibility index (Phi) is 7.72. The highest BCUT2D eigenvalue weighted by atomic mass is 35.5. The molecule has 1 saturated heterocycles. The van der Waals surface area contributed by atoms with E-state index in [4.69, 9.17) is 20.8 Å². The van der Waals surface area contributed by atoms with Crippen LogP contribution in [0.3, 0.4) is 0 Å². The normalized spacial score (nSPS) is 16.0. The van der Waals surface area contributed by atoms with Gasteiger partial charge in [0.2, 0.25) is 5.91 Å². The first-order valence-electron chi connectivity index (χ1n) is 10.0. The van der Waals surface area contributed by atoms with Gasteiger partial charge in [-0.1, -0.05) is 24.6 Å². The summed E-state index contributed by atoms with van der Waals surface area (Å²) in [6, 6.07) is 10.5. The molecule has 0 radical (unpaired) electrons. The number of hydrogen-bond acceptors (Lipinski definition) is 4. The van der Waals surface area contributed by atoms with Crippen molar-refractivity contribution in [3.05, 3.63) is 59.0 Å². The highest BCUT2D eigenvalue weighted by Crippen LogP contribution is 2.17. The fourth-order valence-corrected chi connectivity index (χ4v) is 3.66. The van der Waals surface area contributed by atoms with E-state index in [1.807, 2.05) is 13.0 Å². The minimum Gasteiger partial charge on any atom is -0.467 e. The Morgan fingerprint density at radius 2 is 2.07 bits per heavy atom. The molecule has 0 saturated carbocycles. The monoisotopic (exact) mass is 418 g/mol. The lowest BCUT2D eigenvalue weighted by Gasteiger charge is -2.28. The zero-order valence-corrected chi connectivity index (χ0v) is 17.4. The molecule has 0 aliphatic carbocycles. The van der Waals surface area contributed by atoms with E-state index in [0.29, 0.717) is 36.0 Å². The summed E-state index contributed by atoms with van der Waals surface area (Å²) in [5, 5.41) is 0.497. The Hall–Kier alpha value is -2.31. The third-order valence-corrected chi connectivity index (χ3v) is 5.14. The van der Waals surface area contributed by atoms with E-state index >= 15 is 0 Å². The number of amides is 2. The van der Waals surface area contributed by atoms with E-state index < -0.39 is 0 Å². The van der Waals surface area contributed by atoms with Gasteiger partial charge in [0.15, 0.2) is 0 Å². The first-order valence-corrected chi connectivity index (χ1v) is 10.4. The molecule has 6 nitrogen and oxygen atoms in total. The van der Waals surface area contributed by atoms with E-state index in [-0.39, 0.29) is 24.5 Å². The van der Waals surface area contributed by atoms with E-state index in [1.165, 1.54) is 0 Å². The molecule has 29 heavy (non-hydrogen) atoms. The summed E-state index contributed by atoms with van der Waals surface area (Å²) in [6.07, 6.45) is 4.31. The van der Waals surface area contributed by atoms with Crippen LogP contribution in [0.2, 0.25) is 5.02 Å². The molecule has 1 aliphatic rings. The maximum atomic E-state index is 13.2. The van der Waals surface area contributed by atoms with Gasteiger partial charge in [0, 0.05) is 30.3 Å². The Morgan fingerprint density at radius 3 is 2.72 bits per heavy atom. The van der Waals surface area contributed by atoms with Gasteiger partial charge in [0.25, 0.3) is 5.91 Å². The second-order valence-electron chi connectivity index (χ2n) is 7.23. The smallest absolute Gasteiger partial charge is 0.254 e. The lowest BCUT2D eigenvalue weighted by molar-refractivity contribution is -0.134. The third kappa shape index (κ3) is 6.08. The van der Waals surface area contributed by atoms with E-state index in [2.05, 4.69) is 0 Å². The van der Waals surface area contributed by atoms with Crippen LogP contribution in [-0.2, 0) is 16.1 Å². The highest BCUT2D eigenvalue weighted by Gasteiger charge is 2.26. The van der Waals surface area contributed by atoms with Crippen molar-refractivity contribution in [3.8, 4) is 0 Å². The Labute approximate surface area is 176 Å². The topological polar surface area (TPSA) is 63.0 Å². The van der Waals surface area contributed by atoms with E-state index in [0.717, 1.165) is 25.9 Å². The number of halogens is 1. The summed E-state index contributed by atoms with van der Waals surface area (Å²) in [4.78, 5) is 29.4. The summed E-state index contributed by atoms with van der Waals surface area (Å²) >= 11 is 6.03. The molecule has 2 aromatic rings. The fraction of sp³-hybridized carbons (Fsp3) is 0.455. The van der Waals surface area contributed by atoms with Crippen LogP contribution in [0, 0.1) is 0 Å². The van der Waals surface area contributed by atoms with Gasteiger partial charge >= 0.3 is 0 Å². The van der Waals surface area contributed by atoms with E-state index in [9.17, 15) is 9.59 Å². The lowest BCUT2D eigenvalue weighted by atomic mass is 10.2. The molecule has 7 heteroatoms. The highest BCUT2D eigenvalue weighted by molar-refractivity contribution is 6.30. The summed E-state index contributed by atoms with van der Waals surface area (Å²) in [5.41, 5.74) is 0.482. The number of carbonyl (C=O) groups excluding carboxylic acids is 2. The van der Waals surface area contributed by atoms with Crippen molar-refractivity contribution in [2.24, 2.45) is 0 Å². The molecule has 1 aliphatic heterocycles. The molecule has 0 unspecified atom stereocenters. The Morgan fingerprint density at radius 1 is 1.21 bits per heavy atom. The average molecular weight is 419 g/mol. The van der Waals surface area contributed by atoms with Crippen molar-refractivity contribution in [3.63, 3.8) is 0 Å². The zero-order valence-electron chi connectivity index (χ0n) is 16.7. The Bertz CT molecular complexity index is 803. The van der Waals surface area contributed by atoms with Crippen molar-refractivity contribution in [2.75, 3.05) is 26.2 Å². The number of benzene rings is 1. The van der Waals surface area contributed by atoms with Crippen molar-refractivity contribution >= 4 is 23.4 Å². The van der Waals surface area contributed by atoms with Crippen molar-refractivity contribution in [1.82, 2.24) is 9.80 Å². The van der Waals surface area contributed by atoms with Crippen LogP contribution < -0.4 is 0 Å². The second-order valence-corrected chi connectivity index (χ2v) is 7.66. The first kappa shape index (κ1) is 21.4. The van der Waals surface area contributed by atoms with Crippen LogP contribution in [0.5, 0.6) is 0 Å². The molecule has 0 bridgehead atoms. The zero-order chi connectivity index (χ0) is 20.6. The third-order valence-electron chi connectivity index (χ3n) is 4.91. The summed E-state index contributed by atoms with van der Waals surface area (Å²) in [5.74, 6) is 0.387. The molecule has 156 valence electrons. The molecule has 1 aromatic heterocycles. The van der Waals surface area contributed by atoms with Crippen molar-refractivity contribution in [2.45, 2.75) is 38.8 Å². The van der Waals surface area contributed by atoms with Gasteiger partial charge in [0.1, 0.15) is 12.3 Å². The predicted molar refractivity (Wildman–Crippen MR) is 111 cm³/mol. The molecule has 2 heterocycles. The fourth-order valence-electron chi connectivity index (χ4n) is 3.47. The maximum absolute atomic E-state index is 13.2. The standard InChI is InChI=1S/C22H27ClN2O4/c1-2-10-24(22(27)17-6-3-7-18(23)13-17)16-21(26)25(14-19-8-4-11-28-19)15-20-9-5-12-29-20/h3-4,6-8,11,13,20H,2,5,9-10,12,14-16H2,1H3/t20-/m0/s1. The van der Waals surface area contributed by atoms with Crippen LogP contribution in [0.25, 0.3) is 0 Å². The average Bonchev–Trinajstić information content (AvgIpc) is 3.41. The molecule has 1 aromatic carbocycles. The van der Waals surface area contributed by atoms with Gasteiger partial charge in [-0.05, 0) is 49.6 Å². The van der Waals surface area contributed by atoms with Crippen LogP contribution in [0.1, 0.15) is 42.3 Å². The molecular formula is C22H27ClN2O4. The van der Waals surface area contributed by atoms with Gasteiger partial charge in [-0.15, -0.1) is 0 Å². The lowest BCUT2D eigenvalue weighted by Crippen LogP contribution is -2.45. The minimum atomic E-state index is -0.197. The van der Waals surface area contributed by atoms with Crippen LogP contribution in [0.15, 0.2) is 47.1 Å². The molecule has 0 N–H and O–H groups in total. The quantitative estimate of drug-likeness (QED) is 0.617. The first-order chi connectivity index (χ1) is 14.1.